The Bertz CT molecular complexity index is 1260. The number of pyridine rings is 1. The standard InChI is InChI=1S/C27H21NO3/c29-26(21-14-10-19(11-15-21)18-6-2-1-3-7-18)17-31-27(30)23-16-25(20-12-13-20)28-24-9-5-4-8-22(23)24/h1-11,14-16,20H,12-13,17H2. The van der Waals surface area contributed by atoms with Gasteiger partial charge in [-0.15, -0.1) is 0 Å². The minimum atomic E-state index is -0.491. The lowest BCUT2D eigenvalue weighted by molar-refractivity contribution is 0.0476. The highest BCUT2D eigenvalue weighted by Gasteiger charge is 2.27. The Morgan fingerprint density at radius 1 is 0.839 bits per heavy atom. The Kier molecular flexibility index (Phi) is 5.04. The normalized spacial score (nSPS) is 13.2. The average Bonchev–Trinajstić information content (AvgIpc) is 3.68. The maximum atomic E-state index is 12.8. The summed E-state index contributed by atoms with van der Waals surface area (Å²) >= 11 is 0. The quantitative estimate of drug-likeness (QED) is 0.299. The summed E-state index contributed by atoms with van der Waals surface area (Å²) in [5, 5.41) is 0.747. The van der Waals surface area contributed by atoms with Crippen molar-refractivity contribution in [2.75, 3.05) is 6.61 Å². The molecule has 31 heavy (non-hydrogen) atoms. The zero-order chi connectivity index (χ0) is 21.2. The molecule has 0 spiro atoms. The van der Waals surface area contributed by atoms with Crippen LogP contribution in [0.3, 0.4) is 0 Å². The lowest BCUT2D eigenvalue weighted by atomic mass is 10.0. The van der Waals surface area contributed by atoms with Crippen molar-refractivity contribution in [1.29, 1.82) is 0 Å². The number of rotatable bonds is 6. The van der Waals surface area contributed by atoms with E-state index in [1.54, 1.807) is 12.1 Å². The molecule has 4 aromatic rings. The van der Waals surface area contributed by atoms with Crippen LogP contribution < -0.4 is 0 Å². The van der Waals surface area contributed by atoms with Crippen LogP contribution in [0.4, 0.5) is 0 Å². The number of aromatic nitrogens is 1. The fourth-order valence-corrected chi connectivity index (χ4v) is 3.72. The van der Waals surface area contributed by atoms with Crippen molar-refractivity contribution in [3.63, 3.8) is 0 Å². The van der Waals surface area contributed by atoms with E-state index in [2.05, 4.69) is 4.98 Å². The SMILES string of the molecule is O=C(COC(=O)c1cc(C2CC2)nc2ccccc12)c1ccc(-c2ccccc2)cc1. The number of ketones is 1. The molecule has 0 atom stereocenters. The second-order valence-corrected chi connectivity index (χ2v) is 7.83. The highest BCUT2D eigenvalue weighted by molar-refractivity contribution is 6.05. The summed E-state index contributed by atoms with van der Waals surface area (Å²) in [6, 6.07) is 26.7. The molecular formula is C27H21NO3. The van der Waals surface area contributed by atoms with E-state index in [9.17, 15) is 9.59 Å². The molecule has 0 N–H and O–H groups in total. The molecular weight excluding hydrogens is 386 g/mol. The number of hydrogen-bond acceptors (Lipinski definition) is 4. The average molecular weight is 407 g/mol. The Labute approximate surface area is 180 Å². The van der Waals surface area contributed by atoms with Gasteiger partial charge < -0.3 is 4.74 Å². The molecule has 1 aliphatic carbocycles. The van der Waals surface area contributed by atoms with Gasteiger partial charge in [0, 0.05) is 22.6 Å². The first-order valence-electron chi connectivity index (χ1n) is 10.4. The van der Waals surface area contributed by atoms with Crippen LogP contribution in [0.5, 0.6) is 0 Å². The largest absolute Gasteiger partial charge is 0.454 e. The van der Waals surface area contributed by atoms with Crippen LogP contribution in [0.25, 0.3) is 22.0 Å². The van der Waals surface area contributed by atoms with Gasteiger partial charge in [-0.05, 0) is 36.1 Å². The Balaban J connectivity index is 1.31. The fourth-order valence-electron chi connectivity index (χ4n) is 3.72. The smallest absolute Gasteiger partial charge is 0.339 e. The van der Waals surface area contributed by atoms with Gasteiger partial charge in [0.15, 0.2) is 12.4 Å². The number of ether oxygens (including phenoxy) is 1. The van der Waals surface area contributed by atoms with E-state index in [0.29, 0.717) is 17.0 Å². The van der Waals surface area contributed by atoms with Gasteiger partial charge in [0.2, 0.25) is 0 Å². The predicted octanol–water partition coefficient (Wildman–Crippen LogP) is 5.82. The maximum absolute atomic E-state index is 12.8. The molecule has 0 bridgehead atoms. The summed E-state index contributed by atoms with van der Waals surface area (Å²) in [5.74, 6) is -0.301. The first kappa shape index (κ1) is 19.2. The molecule has 1 fully saturated rings. The van der Waals surface area contributed by atoms with Gasteiger partial charge >= 0.3 is 5.97 Å². The van der Waals surface area contributed by atoms with Crippen molar-refractivity contribution in [2.24, 2.45) is 0 Å². The van der Waals surface area contributed by atoms with E-state index in [1.165, 1.54) is 0 Å². The van der Waals surface area contributed by atoms with Gasteiger partial charge in [0.25, 0.3) is 0 Å². The minimum Gasteiger partial charge on any atom is -0.454 e. The lowest BCUT2D eigenvalue weighted by Crippen LogP contribution is -2.15. The van der Waals surface area contributed by atoms with E-state index < -0.39 is 5.97 Å². The summed E-state index contributed by atoms with van der Waals surface area (Å²) in [4.78, 5) is 30.1. The van der Waals surface area contributed by atoms with Crippen LogP contribution in [-0.2, 0) is 4.74 Å². The first-order chi connectivity index (χ1) is 15.2. The molecule has 4 nitrogen and oxygen atoms in total. The van der Waals surface area contributed by atoms with E-state index in [1.807, 2.05) is 72.8 Å². The summed E-state index contributed by atoms with van der Waals surface area (Å²) in [6.45, 7) is -0.293. The summed E-state index contributed by atoms with van der Waals surface area (Å²) < 4.78 is 5.41. The van der Waals surface area contributed by atoms with Crippen molar-refractivity contribution >= 4 is 22.7 Å². The van der Waals surface area contributed by atoms with Gasteiger partial charge in [-0.2, -0.15) is 0 Å². The predicted molar refractivity (Wildman–Crippen MR) is 120 cm³/mol. The Hall–Kier alpha value is -3.79. The second-order valence-electron chi connectivity index (χ2n) is 7.83. The van der Waals surface area contributed by atoms with E-state index in [4.69, 9.17) is 4.74 Å². The highest BCUT2D eigenvalue weighted by atomic mass is 16.5. The Morgan fingerprint density at radius 3 is 2.26 bits per heavy atom. The number of para-hydroxylation sites is 1. The molecule has 0 amide bonds. The molecule has 1 saturated carbocycles. The number of nitrogens with zero attached hydrogens (tertiary/aromatic N) is 1. The van der Waals surface area contributed by atoms with Crippen molar-refractivity contribution in [3.8, 4) is 11.1 Å². The molecule has 3 aromatic carbocycles. The van der Waals surface area contributed by atoms with Crippen LogP contribution in [-0.4, -0.2) is 23.3 Å². The molecule has 5 rings (SSSR count). The number of benzene rings is 3. The number of carbonyl (C=O) groups is 2. The molecule has 0 aliphatic heterocycles. The summed E-state index contributed by atoms with van der Waals surface area (Å²) in [7, 11) is 0. The highest BCUT2D eigenvalue weighted by Crippen LogP contribution is 2.40. The number of hydrogen-bond donors (Lipinski definition) is 0. The van der Waals surface area contributed by atoms with Crippen LogP contribution in [0.1, 0.15) is 45.2 Å². The molecule has 0 unspecified atom stereocenters. The van der Waals surface area contributed by atoms with Crippen LogP contribution in [0.15, 0.2) is 84.9 Å². The number of fused-ring (bicyclic) bond motifs is 1. The molecule has 152 valence electrons. The lowest BCUT2D eigenvalue weighted by Gasteiger charge is -2.10. The third kappa shape index (κ3) is 4.10. The van der Waals surface area contributed by atoms with E-state index in [0.717, 1.165) is 40.6 Å². The minimum absolute atomic E-state index is 0.228. The molecule has 0 saturated heterocycles. The van der Waals surface area contributed by atoms with Crippen molar-refractivity contribution < 1.29 is 14.3 Å². The summed E-state index contributed by atoms with van der Waals surface area (Å²) in [6.07, 6.45) is 2.19. The fraction of sp³-hybridized carbons (Fsp3) is 0.148. The van der Waals surface area contributed by atoms with Gasteiger partial charge in [0.05, 0.1) is 11.1 Å². The molecule has 1 aromatic heterocycles. The van der Waals surface area contributed by atoms with Crippen LogP contribution in [0, 0.1) is 0 Å². The number of carbonyl (C=O) groups excluding carboxylic acids is 2. The molecule has 0 radical (unpaired) electrons. The van der Waals surface area contributed by atoms with E-state index >= 15 is 0 Å². The Morgan fingerprint density at radius 2 is 1.52 bits per heavy atom. The van der Waals surface area contributed by atoms with Crippen LogP contribution in [0.2, 0.25) is 0 Å². The molecule has 1 aliphatic rings. The second kappa shape index (κ2) is 8.15. The topological polar surface area (TPSA) is 56.3 Å². The third-order valence-corrected chi connectivity index (χ3v) is 5.60. The van der Waals surface area contributed by atoms with Gasteiger partial charge in [0.1, 0.15) is 0 Å². The maximum Gasteiger partial charge on any atom is 0.339 e. The van der Waals surface area contributed by atoms with Crippen molar-refractivity contribution in [2.45, 2.75) is 18.8 Å². The monoisotopic (exact) mass is 407 g/mol. The first-order valence-corrected chi connectivity index (χ1v) is 10.4. The number of esters is 1. The zero-order valence-electron chi connectivity index (χ0n) is 17.0. The van der Waals surface area contributed by atoms with Crippen molar-refractivity contribution in [1.82, 2.24) is 4.98 Å². The molecule has 1 heterocycles. The zero-order valence-corrected chi connectivity index (χ0v) is 17.0. The van der Waals surface area contributed by atoms with Gasteiger partial charge in [-0.25, -0.2) is 4.79 Å². The van der Waals surface area contributed by atoms with E-state index in [-0.39, 0.29) is 12.4 Å². The third-order valence-electron chi connectivity index (χ3n) is 5.60. The van der Waals surface area contributed by atoms with Gasteiger partial charge in [-0.1, -0.05) is 72.8 Å². The van der Waals surface area contributed by atoms with Crippen LogP contribution >= 0.6 is 0 Å². The van der Waals surface area contributed by atoms with Gasteiger partial charge in [-0.3, -0.25) is 9.78 Å². The molecule has 4 heteroatoms. The number of Topliss-reactive ketones (excluding diaryl/α,β-unsaturated/α-hetero) is 1. The summed E-state index contributed by atoms with van der Waals surface area (Å²) in [5.41, 5.74) is 4.81. The van der Waals surface area contributed by atoms with Crippen molar-refractivity contribution in [3.05, 3.63) is 102 Å².